The highest BCUT2D eigenvalue weighted by atomic mass is 16.2. The Bertz CT molecular complexity index is 600. The molecule has 0 radical (unpaired) electrons. The second kappa shape index (κ2) is 5.65. The molecule has 1 amide bonds. The second-order valence-corrected chi connectivity index (χ2v) is 5.41. The molecule has 1 aliphatic heterocycles. The minimum absolute atomic E-state index is 0.0518. The largest absolute Gasteiger partial charge is 0.317 e. The van der Waals surface area contributed by atoms with Gasteiger partial charge >= 0.3 is 0 Å². The summed E-state index contributed by atoms with van der Waals surface area (Å²) in [4.78, 5) is 17.1. The molecule has 0 atom stereocenters. The third kappa shape index (κ3) is 2.67. The highest BCUT2D eigenvalue weighted by Gasteiger charge is 2.42. The Morgan fingerprint density at radius 3 is 2.81 bits per heavy atom. The number of amides is 1. The van der Waals surface area contributed by atoms with Crippen LogP contribution < -0.4 is 10.6 Å². The normalized spacial score (nSPS) is 17.4. The van der Waals surface area contributed by atoms with Gasteiger partial charge in [0.05, 0.1) is 0 Å². The van der Waals surface area contributed by atoms with Crippen LogP contribution >= 0.6 is 0 Å². The van der Waals surface area contributed by atoms with Crippen molar-refractivity contribution in [2.24, 2.45) is 0 Å². The number of hydrogen-bond donors (Lipinski definition) is 2. The number of anilines is 1. The van der Waals surface area contributed by atoms with Crippen LogP contribution in [0.3, 0.4) is 0 Å². The summed E-state index contributed by atoms with van der Waals surface area (Å²) in [7, 11) is 0. The molecule has 0 unspecified atom stereocenters. The summed E-state index contributed by atoms with van der Waals surface area (Å²) in [6, 6.07) is 5.61. The molecule has 6 nitrogen and oxygen atoms in total. The number of carbonyl (C=O) groups excluding carboxylic acids is 1. The van der Waals surface area contributed by atoms with E-state index >= 15 is 0 Å². The van der Waals surface area contributed by atoms with Crippen LogP contribution in [0.15, 0.2) is 36.8 Å². The lowest BCUT2D eigenvalue weighted by Crippen LogP contribution is -2.52. The fraction of sp³-hybridized carbons (Fsp3) is 0.400. The van der Waals surface area contributed by atoms with Gasteiger partial charge < -0.3 is 10.6 Å². The number of carbonyl (C=O) groups is 1. The van der Waals surface area contributed by atoms with Gasteiger partial charge in [0, 0.05) is 18.6 Å². The Kier molecular flexibility index (Phi) is 3.70. The van der Waals surface area contributed by atoms with Crippen LogP contribution in [0.25, 0.3) is 0 Å². The van der Waals surface area contributed by atoms with Crippen LogP contribution in [0.4, 0.5) is 5.82 Å². The van der Waals surface area contributed by atoms with E-state index in [0.717, 1.165) is 18.7 Å². The first-order chi connectivity index (χ1) is 10.2. The van der Waals surface area contributed by atoms with E-state index < -0.39 is 5.54 Å². The second-order valence-electron chi connectivity index (χ2n) is 5.41. The molecular formula is C15H19N5O. The van der Waals surface area contributed by atoms with E-state index in [1.165, 1.54) is 0 Å². The first-order valence-corrected chi connectivity index (χ1v) is 7.16. The lowest BCUT2D eigenvalue weighted by Gasteiger charge is -2.36. The van der Waals surface area contributed by atoms with Gasteiger partial charge in [-0.1, -0.05) is 6.07 Å². The smallest absolute Gasteiger partial charge is 0.253 e. The third-order valence-corrected chi connectivity index (χ3v) is 3.95. The molecule has 1 aliphatic rings. The molecule has 2 N–H and O–H groups in total. The average molecular weight is 285 g/mol. The van der Waals surface area contributed by atoms with E-state index in [-0.39, 0.29) is 5.91 Å². The zero-order valence-corrected chi connectivity index (χ0v) is 12.0. The summed E-state index contributed by atoms with van der Waals surface area (Å²) >= 11 is 0. The summed E-state index contributed by atoms with van der Waals surface area (Å²) in [6.07, 6.45) is 6.74. The van der Waals surface area contributed by atoms with Gasteiger partial charge in [-0.2, -0.15) is 5.10 Å². The van der Waals surface area contributed by atoms with Crippen molar-refractivity contribution in [1.29, 1.82) is 0 Å². The monoisotopic (exact) mass is 285 g/mol. The number of pyridine rings is 1. The Morgan fingerprint density at radius 2 is 2.19 bits per heavy atom. The highest BCUT2D eigenvalue weighted by molar-refractivity contribution is 5.96. The van der Waals surface area contributed by atoms with Crippen molar-refractivity contribution < 1.29 is 4.79 Å². The Hall–Kier alpha value is -2.21. The fourth-order valence-electron chi connectivity index (χ4n) is 2.70. The molecule has 0 aromatic carbocycles. The van der Waals surface area contributed by atoms with Gasteiger partial charge in [-0.15, -0.1) is 0 Å². The quantitative estimate of drug-likeness (QED) is 0.892. The van der Waals surface area contributed by atoms with Gasteiger partial charge in [-0.25, -0.2) is 4.98 Å². The molecule has 6 heteroatoms. The molecule has 2 aromatic rings. The SMILES string of the molecule is Cc1ccc(NC(=O)C2(n3cccn3)CCNCC2)nc1. The topological polar surface area (TPSA) is 71.8 Å². The van der Waals surface area contributed by atoms with Crippen molar-refractivity contribution >= 4 is 11.7 Å². The minimum Gasteiger partial charge on any atom is -0.317 e. The number of piperidine rings is 1. The zero-order chi connectivity index (χ0) is 14.7. The van der Waals surface area contributed by atoms with Crippen LogP contribution in [0, 0.1) is 6.92 Å². The first kappa shape index (κ1) is 13.8. The van der Waals surface area contributed by atoms with E-state index in [2.05, 4.69) is 20.7 Å². The molecule has 0 spiro atoms. The standard InChI is InChI=1S/C15H19N5O/c1-12-3-4-13(17-11-12)19-14(21)15(5-8-16-9-6-15)20-10-2-7-18-20/h2-4,7,10-11,16H,5-6,8-9H2,1H3,(H,17,19,21). The van der Waals surface area contributed by atoms with Gasteiger partial charge in [-0.05, 0) is 50.6 Å². The number of aromatic nitrogens is 3. The maximum Gasteiger partial charge on any atom is 0.253 e. The van der Waals surface area contributed by atoms with Crippen molar-refractivity contribution in [3.63, 3.8) is 0 Å². The van der Waals surface area contributed by atoms with Gasteiger partial charge in [0.1, 0.15) is 11.4 Å². The minimum atomic E-state index is -0.638. The average Bonchev–Trinajstić information content (AvgIpc) is 3.05. The number of hydrogen-bond acceptors (Lipinski definition) is 4. The molecule has 3 heterocycles. The molecule has 0 aliphatic carbocycles. The molecule has 1 saturated heterocycles. The molecule has 110 valence electrons. The zero-order valence-electron chi connectivity index (χ0n) is 12.0. The molecule has 2 aromatic heterocycles. The number of nitrogens with zero attached hydrogens (tertiary/aromatic N) is 3. The van der Waals surface area contributed by atoms with Crippen molar-refractivity contribution in [3.05, 3.63) is 42.4 Å². The van der Waals surface area contributed by atoms with E-state index in [1.807, 2.05) is 31.3 Å². The fourth-order valence-corrected chi connectivity index (χ4v) is 2.70. The van der Waals surface area contributed by atoms with Gasteiger partial charge in [0.2, 0.25) is 0 Å². The van der Waals surface area contributed by atoms with E-state index in [0.29, 0.717) is 18.7 Å². The number of nitrogens with one attached hydrogen (secondary N) is 2. The maximum absolute atomic E-state index is 12.8. The number of aryl methyl sites for hydroxylation is 1. The van der Waals surface area contributed by atoms with Gasteiger partial charge in [-0.3, -0.25) is 9.48 Å². The van der Waals surface area contributed by atoms with E-state index in [1.54, 1.807) is 17.1 Å². The molecule has 0 saturated carbocycles. The van der Waals surface area contributed by atoms with Crippen LogP contribution in [0.1, 0.15) is 18.4 Å². The Labute approximate surface area is 123 Å². The van der Waals surface area contributed by atoms with Gasteiger partial charge in [0.25, 0.3) is 5.91 Å². The summed E-state index contributed by atoms with van der Waals surface area (Å²) < 4.78 is 1.78. The summed E-state index contributed by atoms with van der Waals surface area (Å²) in [5, 5.41) is 10.5. The predicted octanol–water partition coefficient (Wildman–Crippen LogP) is 1.30. The number of rotatable bonds is 3. The first-order valence-electron chi connectivity index (χ1n) is 7.16. The van der Waals surface area contributed by atoms with Crippen molar-refractivity contribution in [2.45, 2.75) is 25.3 Å². The highest BCUT2D eigenvalue weighted by Crippen LogP contribution is 2.28. The van der Waals surface area contributed by atoms with Crippen molar-refractivity contribution in [3.8, 4) is 0 Å². The molecule has 3 rings (SSSR count). The van der Waals surface area contributed by atoms with Crippen molar-refractivity contribution in [2.75, 3.05) is 18.4 Å². The van der Waals surface area contributed by atoms with E-state index in [9.17, 15) is 4.79 Å². The van der Waals surface area contributed by atoms with Crippen LogP contribution in [0.2, 0.25) is 0 Å². The summed E-state index contributed by atoms with van der Waals surface area (Å²) in [5.74, 6) is 0.528. The molecule has 21 heavy (non-hydrogen) atoms. The Morgan fingerprint density at radius 1 is 1.38 bits per heavy atom. The lowest BCUT2D eigenvalue weighted by atomic mass is 9.87. The Balaban J connectivity index is 1.86. The van der Waals surface area contributed by atoms with Crippen LogP contribution in [0.5, 0.6) is 0 Å². The third-order valence-electron chi connectivity index (χ3n) is 3.95. The predicted molar refractivity (Wildman–Crippen MR) is 79.9 cm³/mol. The molecule has 1 fully saturated rings. The summed E-state index contributed by atoms with van der Waals surface area (Å²) in [6.45, 7) is 3.57. The molecular weight excluding hydrogens is 266 g/mol. The van der Waals surface area contributed by atoms with Crippen LogP contribution in [-0.4, -0.2) is 33.8 Å². The van der Waals surface area contributed by atoms with E-state index in [4.69, 9.17) is 0 Å². The van der Waals surface area contributed by atoms with Gasteiger partial charge in [0.15, 0.2) is 0 Å². The van der Waals surface area contributed by atoms with Crippen LogP contribution in [-0.2, 0) is 10.3 Å². The maximum atomic E-state index is 12.8. The lowest BCUT2D eigenvalue weighted by molar-refractivity contribution is -0.126. The summed E-state index contributed by atoms with van der Waals surface area (Å²) in [5.41, 5.74) is 0.429. The molecule has 0 bridgehead atoms. The van der Waals surface area contributed by atoms with Crippen molar-refractivity contribution in [1.82, 2.24) is 20.1 Å².